The van der Waals surface area contributed by atoms with E-state index in [-0.39, 0.29) is 0 Å². The summed E-state index contributed by atoms with van der Waals surface area (Å²) in [6.07, 6.45) is 0. The highest BCUT2D eigenvalue weighted by molar-refractivity contribution is 7.25. The zero-order valence-corrected chi connectivity index (χ0v) is 13.2. The lowest BCUT2D eigenvalue weighted by Gasteiger charge is -2.10. The molecule has 0 aliphatic rings. The second kappa shape index (κ2) is 4.74. The minimum absolute atomic E-state index is 0.799. The molecule has 0 aliphatic carbocycles. The SMILES string of the molecule is [B]c1ccccc1-n1c2ccccc2c2c3ccccc3sc21. The number of thiophene rings is 1. The van der Waals surface area contributed by atoms with E-state index in [0.29, 0.717) is 0 Å². The van der Waals surface area contributed by atoms with E-state index < -0.39 is 0 Å². The molecule has 23 heavy (non-hydrogen) atoms. The van der Waals surface area contributed by atoms with Crippen LogP contribution in [0, 0.1) is 0 Å². The Balaban J connectivity index is 2.07. The van der Waals surface area contributed by atoms with Crippen molar-refractivity contribution in [3.05, 3.63) is 72.8 Å². The van der Waals surface area contributed by atoms with Crippen LogP contribution in [0.2, 0.25) is 0 Å². The van der Waals surface area contributed by atoms with Gasteiger partial charge in [-0.05, 0) is 18.2 Å². The van der Waals surface area contributed by atoms with Gasteiger partial charge >= 0.3 is 0 Å². The maximum absolute atomic E-state index is 6.27. The summed E-state index contributed by atoms with van der Waals surface area (Å²) in [6.45, 7) is 0. The molecular weight excluding hydrogens is 297 g/mol. The summed E-state index contributed by atoms with van der Waals surface area (Å²) >= 11 is 1.82. The first-order valence-corrected chi connectivity index (χ1v) is 8.42. The Hall–Kier alpha value is -2.52. The molecule has 0 saturated carbocycles. The van der Waals surface area contributed by atoms with Gasteiger partial charge in [0.05, 0.1) is 5.52 Å². The summed E-state index contributed by atoms with van der Waals surface area (Å²) in [7, 11) is 6.27. The fourth-order valence-corrected chi connectivity index (χ4v) is 4.61. The number of aromatic nitrogens is 1. The van der Waals surface area contributed by atoms with Gasteiger partial charge in [-0.25, -0.2) is 0 Å². The Labute approximate surface area is 139 Å². The number of rotatable bonds is 1. The fourth-order valence-electron chi connectivity index (χ4n) is 3.37. The molecular formula is C20H12BNS. The predicted molar refractivity (Wildman–Crippen MR) is 102 cm³/mol. The second-order valence-electron chi connectivity index (χ2n) is 5.69. The maximum atomic E-state index is 6.27. The molecule has 0 bridgehead atoms. The molecule has 3 aromatic carbocycles. The van der Waals surface area contributed by atoms with Crippen LogP contribution in [0.1, 0.15) is 0 Å². The maximum Gasteiger partial charge on any atom is 0.116 e. The minimum Gasteiger partial charge on any atom is -0.301 e. The Bertz CT molecular complexity index is 1180. The van der Waals surface area contributed by atoms with Gasteiger partial charge in [0.1, 0.15) is 12.7 Å². The van der Waals surface area contributed by atoms with E-state index in [4.69, 9.17) is 7.85 Å². The molecule has 0 spiro atoms. The van der Waals surface area contributed by atoms with Gasteiger partial charge in [0.15, 0.2) is 0 Å². The Kier molecular flexibility index (Phi) is 2.67. The zero-order valence-electron chi connectivity index (χ0n) is 12.4. The van der Waals surface area contributed by atoms with E-state index in [2.05, 4.69) is 59.2 Å². The Morgan fingerprint density at radius 2 is 1.43 bits per heavy atom. The first-order chi connectivity index (χ1) is 11.3. The van der Waals surface area contributed by atoms with Crippen molar-refractivity contribution in [1.82, 2.24) is 4.57 Å². The molecule has 106 valence electrons. The van der Waals surface area contributed by atoms with Crippen LogP contribution in [0.4, 0.5) is 0 Å². The lowest BCUT2D eigenvalue weighted by atomic mass is 9.94. The van der Waals surface area contributed by atoms with E-state index in [1.54, 1.807) is 0 Å². The van der Waals surface area contributed by atoms with Gasteiger partial charge in [-0.2, -0.15) is 0 Å². The number of nitrogens with zero attached hydrogens (tertiary/aromatic N) is 1. The molecule has 2 heterocycles. The van der Waals surface area contributed by atoms with Gasteiger partial charge in [0, 0.05) is 26.5 Å². The predicted octanol–water partition coefficient (Wildman–Crippen LogP) is 4.79. The van der Waals surface area contributed by atoms with Crippen LogP contribution in [0.25, 0.3) is 36.9 Å². The Morgan fingerprint density at radius 3 is 2.30 bits per heavy atom. The average molecular weight is 309 g/mol. The number of hydrogen-bond acceptors (Lipinski definition) is 1. The van der Waals surface area contributed by atoms with Crippen molar-refractivity contribution in [1.29, 1.82) is 0 Å². The highest BCUT2D eigenvalue weighted by Gasteiger charge is 2.17. The van der Waals surface area contributed by atoms with E-state index in [1.165, 1.54) is 31.2 Å². The molecule has 1 nitrogen and oxygen atoms in total. The minimum atomic E-state index is 0.799. The van der Waals surface area contributed by atoms with Crippen molar-refractivity contribution in [3.8, 4) is 5.69 Å². The molecule has 0 N–H and O–H groups in total. The first-order valence-electron chi connectivity index (χ1n) is 7.60. The van der Waals surface area contributed by atoms with Crippen LogP contribution in [0.15, 0.2) is 72.8 Å². The molecule has 2 radical (unpaired) electrons. The average Bonchev–Trinajstić information content (AvgIpc) is 3.10. The molecule has 3 heteroatoms. The number of benzene rings is 3. The van der Waals surface area contributed by atoms with Gasteiger partial charge in [0.25, 0.3) is 0 Å². The van der Waals surface area contributed by atoms with Gasteiger partial charge in [-0.1, -0.05) is 60.1 Å². The topological polar surface area (TPSA) is 4.93 Å². The van der Waals surface area contributed by atoms with Crippen molar-refractivity contribution < 1.29 is 0 Å². The lowest BCUT2D eigenvalue weighted by molar-refractivity contribution is 1.21. The van der Waals surface area contributed by atoms with Crippen LogP contribution in [-0.4, -0.2) is 12.4 Å². The van der Waals surface area contributed by atoms with E-state index in [9.17, 15) is 0 Å². The van der Waals surface area contributed by atoms with Crippen LogP contribution >= 0.6 is 11.3 Å². The molecule has 5 rings (SSSR count). The van der Waals surface area contributed by atoms with Crippen LogP contribution < -0.4 is 5.46 Å². The highest BCUT2D eigenvalue weighted by atomic mass is 32.1. The summed E-state index contributed by atoms with van der Waals surface area (Å²) in [4.78, 5) is 1.25. The van der Waals surface area contributed by atoms with Crippen molar-refractivity contribution in [2.75, 3.05) is 0 Å². The third-order valence-electron chi connectivity index (χ3n) is 4.37. The van der Waals surface area contributed by atoms with Crippen LogP contribution in [0.3, 0.4) is 0 Å². The fraction of sp³-hybridized carbons (Fsp3) is 0. The number of para-hydroxylation sites is 2. The third kappa shape index (κ3) is 1.74. The van der Waals surface area contributed by atoms with Crippen molar-refractivity contribution in [2.45, 2.75) is 0 Å². The smallest absolute Gasteiger partial charge is 0.116 e. The lowest BCUT2D eigenvalue weighted by Crippen LogP contribution is -2.11. The molecule has 2 aromatic heterocycles. The van der Waals surface area contributed by atoms with E-state index >= 15 is 0 Å². The quantitative estimate of drug-likeness (QED) is 0.392. The standard InChI is InChI=1S/C20H12BNS/c21-15-9-3-5-11-17(15)22-16-10-4-1-7-13(16)19-14-8-2-6-12-18(14)23-20(19)22/h1-12H. The third-order valence-corrected chi connectivity index (χ3v) is 5.53. The molecule has 0 atom stereocenters. The van der Waals surface area contributed by atoms with Gasteiger partial charge in [-0.15, -0.1) is 11.3 Å². The highest BCUT2D eigenvalue weighted by Crippen LogP contribution is 2.41. The first kappa shape index (κ1) is 13.0. The van der Waals surface area contributed by atoms with Crippen LogP contribution in [-0.2, 0) is 0 Å². The zero-order chi connectivity index (χ0) is 15.4. The summed E-state index contributed by atoms with van der Waals surface area (Å²) in [5.41, 5.74) is 3.05. The number of fused-ring (bicyclic) bond motifs is 5. The molecule has 0 fully saturated rings. The van der Waals surface area contributed by atoms with Gasteiger partial charge in [0.2, 0.25) is 0 Å². The van der Waals surface area contributed by atoms with Crippen LogP contribution in [0.5, 0.6) is 0 Å². The van der Waals surface area contributed by atoms with Gasteiger partial charge < -0.3 is 4.57 Å². The van der Waals surface area contributed by atoms with E-state index in [0.717, 1.165) is 11.2 Å². The molecule has 0 aliphatic heterocycles. The molecule has 5 aromatic rings. The largest absolute Gasteiger partial charge is 0.301 e. The Morgan fingerprint density at radius 1 is 0.739 bits per heavy atom. The molecule has 0 amide bonds. The summed E-state index contributed by atoms with van der Waals surface area (Å²) < 4.78 is 3.61. The summed E-state index contributed by atoms with van der Waals surface area (Å²) in [6, 6.07) is 25.2. The van der Waals surface area contributed by atoms with Crippen molar-refractivity contribution in [3.63, 3.8) is 0 Å². The summed E-state index contributed by atoms with van der Waals surface area (Å²) in [5, 5.41) is 3.92. The number of hydrogen-bond donors (Lipinski definition) is 0. The van der Waals surface area contributed by atoms with Crippen molar-refractivity contribution in [2.24, 2.45) is 0 Å². The van der Waals surface area contributed by atoms with E-state index in [1.807, 2.05) is 29.5 Å². The normalized spacial score (nSPS) is 11.7. The molecule has 0 saturated heterocycles. The van der Waals surface area contributed by atoms with Gasteiger partial charge in [-0.3, -0.25) is 0 Å². The van der Waals surface area contributed by atoms with Crippen molar-refractivity contribution >= 4 is 55.9 Å². The molecule has 0 unspecified atom stereocenters. The monoisotopic (exact) mass is 309 g/mol. The summed E-state index contributed by atoms with van der Waals surface area (Å²) in [5.74, 6) is 0. The second-order valence-corrected chi connectivity index (χ2v) is 6.72.